The Morgan fingerprint density at radius 3 is 2.53 bits per heavy atom. The van der Waals surface area contributed by atoms with Crippen LogP contribution in [0, 0.1) is 0 Å². The quantitative estimate of drug-likeness (QED) is 0.470. The van der Waals surface area contributed by atoms with Gasteiger partial charge in [0.2, 0.25) is 0 Å². The van der Waals surface area contributed by atoms with Crippen LogP contribution in [0.5, 0.6) is 5.75 Å². The Kier molecular flexibility index (Phi) is 8.69. The molecule has 1 aromatic heterocycles. The third-order valence-electron chi connectivity index (χ3n) is 1.81. The van der Waals surface area contributed by atoms with Crippen molar-refractivity contribution in [2.24, 2.45) is 0 Å². The summed E-state index contributed by atoms with van der Waals surface area (Å²) in [5.41, 5.74) is -0.756. The molecule has 0 amide bonds. The fraction of sp³-hybridized carbons (Fsp3) is 0.444. The topological polar surface area (TPSA) is 31.4 Å². The van der Waals surface area contributed by atoms with E-state index in [4.69, 9.17) is 9.47 Å². The minimum absolute atomic E-state index is 0. The van der Waals surface area contributed by atoms with E-state index >= 15 is 0 Å². The molecule has 0 fully saturated rings. The van der Waals surface area contributed by atoms with Crippen LogP contribution >= 0.6 is 0 Å². The Morgan fingerprint density at radius 2 is 1.94 bits per heavy atom. The number of ether oxygens (including phenoxy) is 2. The number of rotatable bonds is 6. The number of nitrogens with zero attached hydrogens (tertiary/aromatic N) is 1. The Morgan fingerprint density at radius 1 is 1.24 bits per heavy atom. The van der Waals surface area contributed by atoms with Crippen LogP contribution in [-0.2, 0) is 4.74 Å². The van der Waals surface area contributed by atoms with Crippen LogP contribution in [0.1, 0.15) is 6.92 Å². The van der Waals surface area contributed by atoms with Crippen LogP contribution < -0.4 is 61.6 Å². The van der Waals surface area contributed by atoms with Gasteiger partial charge in [-0.25, -0.2) is 0 Å². The average Bonchev–Trinajstić information content (AvgIpc) is 2.24. The van der Waals surface area contributed by atoms with Gasteiger partial charge >= 0.3 is 58.4 Å². The molecule has 0 saturated heterocycles. The molecule has 3 nitrogen and oxygen atoms in total. The number of pyridine rings is 1. The van der Waals surface area contributed by atoms with Crippen molar-refractivity contribution in [2.45, 2.75) is 6.92 Å². The van der Waals surface area contributed by atoms with E-state index in [1.165, 1.54) is 6.20 Å². The molecule has 1 heterocycles. The van der Waals surface area contributed by atoms with E-state index in [0.29, 0.717) is 13.2 Å². The molecule has 0 saturated carbocycles. The second kappa shape index (κ2) is 8.49. The molecule has 0 bridgehead atoms. The predicted molar refractivity (Wildman–Crippen MR) is 54.9 cm³/mol. The summed E-state index contributed by atoms with van der Waals surface area (Å²) in [6.45, 7) is -2.09. The summed E-state index contributed by atoms with van der Waals surface area (Å²) >= 11 is 0. The van der Waals surface area contributed by atoms with Gasteiger partial charge in [-0.1, -0.05) is 5.46 Å². The first-order valence-corrected chi connectivity index (χ1v) is 4.89. The summed E-state index contributed by atoms with van der Waals surface area (Å²) in [4.78, 5) is 3.48. The summed E-state index contributed by atoms with van der Waals surface area (Å²) in [6, 6.07) is 0.943. The van der Waals surface area contributed by atoms with Gasteiger partial charge in [0, 0.05) is 12.8 Å². The van der Waals surface area contributed by atoms with Gasteiger partial charge in [0.25, 0.3) is 0 Å². The second-order valence-corrected chi connectivity index (χ2v) is 3.07. The van der Waals surface area contributed by atoms with Crippen molar-refractivity contribution in [1.29, 1.82) is 0 Å². The van der Waals surface area contributed by atoms with Crippen LogP contribution in [0.2, 0.25) is 0 Å². The molecular formula is C9H12BF3KNO2. The van der Waals surface area contributed by atoms with Crippen molar-refractivity contribution in [3.8, 4) is 5.75 Å². The molecule has 17 heavy (non-hydrogen) atoms. The third kappa shape index (κ3) is 6.78. The summed E-state index contributed by atoms with van der Waals surface area (Å²) in [7, 11) is 0. The number of aromatic nitrogens is 1. The zero-order valence-electron chi connectivity index (χ0n) is 9.83. The molecule has 1 rings (SSSR count). The summed E-state index contributed by atoms with van der Waals surface area (Å²) in [5, 5.41) is 0. The smallest absolute Gasteiger partial charge is 0.490 e. The van der Waals surface area contributed by atoms with Crippen molar-refractivity contribution in [3.05, 3.63) is 18.5 Å². The monoisotopic (exact) mass is 273 g/mol. The third-order valence-corrected chi connectivity index (χ3v) is 1.81. The van der Waals surface area contributed by atoms with Crippen molar-refractivity contribution < 1.29 is 73.8 Å². The molecule has 90 valence electrons. The number of halogens is 3. The van der Waals surface area contributed by atoms with Gasteiger partial charge in [-0.3, -0.25) is 4.98 Å². The largest absolute Gasteiger partial charge is 1.00 e. The van der Waals surface area contributed by atoms with Crippen LogP contribution in [0.25, 0.3) is 0 Å². The Labute approximate surface area is 141 Å². The first-order chi connectivity index (χ1) is 7.54. The van der Waals surface area contributed by atoms with Crippen molar-refractivity contribution in [3.63, 3.8) is 0 Å². The fourth-order valence-electron chi connectivity index (χ4n) is 1.06. The molecule has 0 atom stereocenters. The molecular weight excluding hydrogens is 261 g/mol. The molecule has 8 heteroatoms. The summed E-state index contributed by atoms with van der Waals surface area (Å²) < 4.78 is 47.1. The van der Waals surface area contributed by atoms with Crippen LogP contribution in [0.3, 0.4) is 0 Å². The van der Waals surface area contributed by atoms with Gasteiger partial charge in [-0.15, -0.1) is 0 Å². The Balaban J connectivity index is 0.00000256. The van der Waals surface area contributed by atoms with E-state index in [0.717, 1.165) is 12.3 Å². The first kappa shape index (κ1) is 17.4. The zero-order chi connectivity index (χ0) is 12.0. The number of hydrogen-bond acceptors (Lipinski definition) is 3. The molecule has 0 N–H and O–H groups in total. The molecule has 0 aliphatic heterocycles. The minimum atomic E-state index is -5.02. The average molecular weight is 273 g/mol. The van der Waals surface area contributed by atoms with Crippen LogP contribution in [-0.4, -0.2) is 31.8 Å². The maximum absolute atomic E-state index is 12.4. The standard InChI is InChI=1S/C9H12BF3NO2.K/c1-2-15-3-4-16-9-5-8(6-14-7-9)10(11,12)13;/h5-7H,2-4H2,1H3;/q-1;+1. The van der Waals surface area contributed by atoms with Gasteiger partial charge in [0.1, 0.15) is 12.4 Å². The van der Waals surface area contributed by atoms with Crippen molar-refractivity contribution in [2.75, 3.05) is 19.8 Å². The molecule has 0 aliphatic carbocycles. The molecule has 0 spiro atoms. The molecule has 0 aromatic carbocycles. The van der Waals surface area contributed by atoms with Crippen LogP contribution in [0.15, 0.2) is 18.5 Å². The number of hydrogen-bond donors (Lipinski definition) is 0. The van der Waals surface area contributed by atoms with Gasteiger partial charge < -0.3 is 22.4 Å². The van der Waals surface area contributed by atoms with E-state index in [-0.39, 0.29) is 63.7 Å². The second-order valence-electron chi connectivity index (χ2n) is 3.07. The van der Waals surface area contributed by atoms with E-state index in [9.17, 15) is 12.9 Å². The molecule has 1 aromatic rings. The maximum Gasteiger partial charge on any atom is 1.00 e. The Hall–Kier alpha value is 0.401. The summed E-state index contributed by atoms with van der Waals surface area (Å²) in [5.74, 6) is 0.108. The van der Waals surface area contributed by atoms with Crippen molar-refractivity contribution in [1.82, 2.24) is 4.98 Å². The van der Waals surface area contributed by atoms with E-state index < -0.39 is 12.4 Å². The van der Waals surface area contributed by atoms with Gasteiger partial charge in [0.05, 0.1) is 12.8 Å². The van der Waals surface area contributed by atoms with E-state index in [1.54, 1.807) is 0 Å². The van der Waals surface area contributed by atoms with E-state index in [1.807, 2.05) is 6.92 Å². The first-order valence-electron chi connectivity index (χ1n) is 4.89. The van der Waals surface area contributed by atoms with E-state index in [2.05, 4.69) is 4.98 Å². The minimum Gasteiger partial charge on any atom is -0.490 e. The molecule has 0 radical (unpaired) electrons. The molecule has 0 unspecified atom stereocenters. The molecule has 0 aliphatic rings. The normalized spacial score (nSPS) is 10.8. The maximum atomic E-state index is 12.4. The zero-order valence-corrected chi connectivity index (χ0v) is 13.0. The van der Waals surface area contributed by atoms with Gasteiger partial charge in [-0.05, 0) is 13.0 Å². The SMILES string of the molecule is CCOCCOc1cncc([B-](F)(F)F)c1.[K+]. The van der Waals surface area contributed by atoms with Crippen molar-refractivity contribution >= 4 is 12.4 Å². The van der Waals surface area contributed by atoms with Crippen LogP contribution in [0.4, 0.5) is 12.9 Å². The predicted octanol–water partition coefficient (Wildman–Crippen LogP) is -1.44. The Bertz CT molecular complexity index is 338. The van der Waals surface area contributed by atoms with Gasteiger partial charge in [-0.2, -0.15) is 0 Å². The fourth-order valence-corrected chi connectivity index (χ4v) is 1.06. The summed E-state index contributed by atoms with van der Waals surface area (Å²) in [6.07, 6.45) is 2.03. The van der Waals surface area contributed by atoms with Gasteiger partial charge in [0.15, 0.2) is 0 Å².